The summed E-state index contributed by atoms with van der Waals surface area (Å²) in [5, 5.41) is 7.60. The smallest absolute Gasteiger partial charge is 0.333 e. The van der Waals surface area contributed by atoms with Gasteiger partial charge in [-0.15, -0.1) is 11.3 Å². The molecule has 0 saturated carbocycles. The van der Waals surface area contributed by atoms with Crippen LogP contribution in [0.25, 0.3) is 80.7 Å². The second-order valence-corrected chi connectivity index (χ2v) is 21.1. The Kier molecular flexibility index (Phi) is 6.41. The number of benzene rings is 7. The van der Waals surface area contributed by atoms with Gasteiger partial charge in [-0.3, -0.25) is 0 Å². The van der Waals surface area contributed by atoms with Crippen molar-refractivity contribution >= 4 is 104 Å². The number of rotatable bonds is 1. The predicted octanol–water partition coefficient (Wildman–Crippen LogP) is 13.9. The van der Waals surface area contributed by atoms with E-state index in [-0.39, 0.29) is 23.1 Å². The van der Waals surface area contributed by atoms with Gasteiger partial charge in [-0.2, -0.15) is 0 Å². The van der Waals surface area contributed by atoms with Crippen LogP contribution in [0.1, 0.15) is 78.0 Å². The Hall–Kier alpha value is -5.78. The summed E-state index contributed by atoms with van der Waals surface area (Å²) in [6.45, 7) is 16.7. The number of anilines is 2. The number of para-hydroxylation sites is 1. The zero-order valence-corrected chi connectivity index (χ0v) is 35.6. The lowest BCUT2D eigenvalue weighted by Gasteiger charge is -2.46. The monoisotopic (exact) mass is 780 g/mol. The van der Waals surface area contributed by atoms with Crippen LogP contribution in [-0.4, -0.2) is 11.4 Å². The molecule has 0 radical (unpaired) electrons. The van der Waals surface area contributed by atoms with Crippen molar-refractivity contribution in [3.05, 3.63) is 138 Å². The van der Waals surface area contributed by atoms with E-state index in [0.717, 1.165) is 21.9 Å². The highest BCUT2D eigenvalue weighted by atomic mass is 32.1. The quantitative estimate of drug-likeness (QED) is 0.155. The molecule has 59 heavy (non-hydrogen) atoms. The second-order valence-electron chi connectivity index (χ2n) is 20.0. The molecule has 3 aliphatic rings. The van der Waals surface area contributed by atoms with Gasteiger partial charge in [0.1, 0.15) is 11.2 Å². The molecule has 5 heterocycles. The maximum absolute atomic E-state index is 6.75. The minimum absolute atomic E-state index is 0.0517. The summed E-state index contributed by atoms with van der Waals surface area (Å²) in [7, 11) is 0. The molecule has 0 amide bonds. The standard InChI is InChI=1S/C54H45BN2OS/c1-52(2,3)30-16-18-31(19-17-30)57-44-28-41-40(53(4,5)22-23-54(41,6)7)24-36(44)34-20-21-35-37-27-49-39(33-13-9-11-15-48(33)59-49)26-43(37)56-45-25-38-32-12-8-10-14-46(32)58-47(38)29-42(45)55(57)50(34)51(35)56/h8-21,24-29H,22-23H2,1-7H3. The third-order valence-corrected chi connectivity index (χ3v) is 15.7. The molecule has 1 aliphatic carbocycles. The normalized spacial score (nSPS) is 16.5. The molecular formula is C54H45BN2OS. The van der Waals surface area contributed by atoms with Crippen LogP contribution in [0.2, 0.25) is 0 Å². The van der Waals surface area contributed by atoms with Crippen LogP contribution in [0.4, 0.5) is 11.4 Å². The van der Waals surface area contributed by atoms with Crippen molar-refractivity contribution in [2.75, 3.05) is 4.81 Å². The Morgan fingerprint density at radius 3 is 2.10 bits per heavy atom. The molecule has 13 rings (SSSR count). The molecule has 10 aromatic rings. The topological polar surface area (TPSA) is 21.3 Å². The fourth-order valence-corrected chi connectivity index (χ4v) is 12.4. The Morgan fingerprint density at radius 1 is 0.593 bits per heavy atom. The average molecular weight is 781 g/mol. The van der Waals surface area contributed by atoms with Crippen molar-refractivity contribution in [2.24, 2.45) is 0 Å². The highest BCUT2D eigenvalue weighted by Gasteiger charge is 2.46. The third-order valence-electron chi connectivity index (χ3n) is 14.6. The van der Waals surface area contributed by atoms with Gasteiger partial charge in [0.25, 0.3) is 0 Å². The summed E-state index contributed by atoms with van der Waals surface area (Å²) < 4.78 is 12.0. The molecule has 0 saturated heterocycles. The van der Waals surface area contributed by atoms with Gasteiger partial charge in [0.05, 0.1) is 11.0 Å². The molecule has 2 aliphatic heterocycles. The lowest BCUT2D eigenvalue weighted by molar-refractivity contribution is 0.332. The highest BCUT2D eigenvalue weighted by molar-refractivity contribution is 7.25. The van der Waals surface area contributed by atoms with Gasteiger partial charge in [-0.05, 0) is 123 Å². The molecule has 3 aromatic heterocycles. The van der Waals surface area contributed by atoms with Crippen LogP contribution >= 0.6 is 11.3 Å². The van der Waals surface area contributed by atoms with Crippen LogP contribution in [0.5, 0.6) is 0 Å². The fraction of sp³-hybridized carbons (Fsp3) is 0.222. The molecule has 7 aromatic carbocycles. The Balaban J connectivity index is 1.21. The van der Waals surface area contributed by atoms with Crippen molar-refractivity contribution in [2.45, 2.75) is 77.6 Å². The van der Waals surface area contributed by atoms with E-state index in [9.17, 15) is 0 Å². The Labute approximate surface area is 349 Å². The molecule has 0 atom stereocenters. The maximum Gasteiger partial charge on any atom is 0.333 e. The molecule has 0 bridgehead atoms. The molecule has 5 heteroatoms. The van der Waals surface area contributed by atoms with E-state index in [1.807, 2.05) is 11.3 Å². The Morgan fingerprint density at radius 2 is 1.32 bits per heavy atom. The van der Waals surface area contributed by atoms with E-state index in [1.165, 1.54) is 111 Å². The summed E-state index contributed by atoms with van der Waals surface area (Å²) in [4.78, 5) is 2.70. The fourth-order valence-electron chi connectivity index (χ4n) is 11.3. The largest absolute Gasteiger partial charge is 0.456 e. The summed E-state index contributed by atoms with van der Waals surface area (Å²) >= 11 is 1.90. The molecule has 286 valence electrons. The zero-order chi connectivity index (χ0) is 39.9. The third kappa shape index (κ3) is 4.44. The summed E-state index contributed by atoms with van der Waals surface area (Å²) in [6.07, 6.45) is 2.35. The molecule has 0 unspecified atom stereocenters. The van der Waals surface area contributed by atoms with Gasteiger partial charge in [0.2, 0.25) is 0 Å². The van der Waals surface area contributed by atoms with Crippen LogP contribution < -0.4 is 15.7 Å². The van der Waals surface area contributed by atoms with Crippen molar-refractivity contribution in [3.63, 3.8) is 0 Å². The van der Waals surface area contributed by atoms with Gasteiger partial charge in [0.15, 0.2) is 0 Å². The lowest BCUT2D eigenvalue weighted by Crippen LogP contribution is -2.60. The van der Waals surface area contributed by atoms with Gasteiger partial charge < -0.3 is 13.8 Å². The van der Waals surface area contributed by atoms with Crippen LogP contribution in [0.3, 0.4) is 0 Å². The molecular weight excluding hydrogens is 735 g/mol. The van der Waals surface area contributed by atoms with Gasteiger partial charge >= 0.3 is 6.85 Å². The lowest BCUT2D eigenvalue weighted by atomic mass is 9.43. The first-order valence-corrected chi connectivity index (χ1v) is 22.1. The van der Waals surface area contributed by atoms with E-state index in [2.05, 4.69) is 179 Å². The molecule has 0 spiro atoms. The number of hydrogen-bond acceptors (Lipinski definition) is 3. The number of thiophene rings is 1. The highest BCUT2D eigenvalue weighted by Crippen LogP contribution is 2.53. The molecule has 3 nitrogen and oxygen atoms in total. The van der Waals surface area contributed by atoms with E-state index < -0.39 is 0 Å². The number of nitrogens with zero attached hydrogens (tertiary/aromatic N) is 2. The summed E-state index contributed by atoms with van der Waals surface area (Å²) in [6, 6.07) is 46.8. The summed E-state index contributed by atoms with van der Waals surface area (Å²) in [5.74, 6) is 0. The van der Waals surface area contributed by atoms with Crippen LogP contribution in [0, 0.1) is 0 Å². The van der Waals surface area contributed by atoms with E-state index in [4.69, 9.17) is 4.42 Å². The minimum atomic E-state index is -0.0779. The van der Waals surface area contributed by atoms with Gasteiger partial charge in [-0.1, -0.05) is 109 Å². The van der Waals surface area contributed by atoms with E-state index in [0.29, 0.717) is 0 Å². The zero-order valence-electron chi connectivity index (χ0n) is 34.7. The number of hydrogen-bond donors (Lipinski definition) is 0. The summed E-state index contributed by atoms with van der Waals surface area (Å²) in [5.41, 5.74) is 18.0. The van der Waals surface area contributed by atoms with E-state index >= 15 is 0 Å². The second kappa shape index (κ2) is 11.1. The first kappa shape index (κ1) is 34.1. The number of fused-ring (bicyclic) bond motifs is 15. The van der Waals surface area contributed by atoms with E-state index in [1.54, 1.807) is 0 Å². The first-order valence-electron chi connectivity index (χ1n) is 21.3. The average Bonchev–Trinajstić information content (AvgIpc) is 3.88. The van der Waals surface area contributed by atoms with Crippen molar-refractivity contribution in [1.29, 1.82) is 0 Å². The Bertz CT molecular complexity index is 3500. The minimum Gasteiger partial charge on any atom is -0.456 e. The number of aromatic nitrogens is 1. The van der Waals surface area contributed by atoms with Gasteiger partial charge in [0, 0.05) is 64.3 Å². The van der Waals surface area contributed by atoms with Gasteiger partial charge in [-0.25, -0.2) is 0 Å². The van der Waals surface area contributed by atoms with Crippen molar-refractivity contribution in [1.82, 2.24) is 4.57 Å². The predicted molar refractivity (Wildman–Crippen MR) is 254 cm³/mol. The van der Waals surface area contributed by atoms with Crippen LogP contribution in [-0.2, 0) is 16.2 Å². The SMILES string of the molecule is CC(C)(C)c1ccc(N2B3c4cc5oc6ccccc6c5cc4-n4c5cc6c(cc5c5ccc(c3c54)-c3cc4c(cc32)C(C)(C)CCC4(C)C)sc2ccccc26)cc1. The van der Waals surface area contributed by atoms with Crippen LogP contribution in [0.15, 0.2) is 126 Å². The number of furan rings is 1. The van der Waals surface area contributed by atoms with Crippen molar-refractivity contribution in [3.8, 4) is 16.8 Å². The van der Waals surface area contributed by atoms with Crippen molar-refractivity contribution < 1.29 is 4.42 Å². The maximum atomic E-state index is 6.75. The molecule has 0 fully saturated rings. The molecule has 0 N–H and O–H groups in total. The first-order chi connectivity index (χ1) is 28.4.